The molecule has 4 heteroatoms. The summed E-state index contributed by atoms with van der Waals surface area (Å²) in [5, 5.41) is 1.17. The van der Waals surface area contributed by atoms with E-state index in [1.807, 2.05) is 18.2 Å². The number of hydrogen-bond donors (Lipinski definition) is 0. The molecule has 3 fully saturated rings. The molecule has 0 N–H and O–H groups in total. The van der Waals surface area contributed by atoms with E-state index in [1.165, 1.54) is 57.8 Å². The van der Waals surface area contributed by atoms with Crippen LogP contribution >= 0.6 is 23.2 Å². The predicted molar refractivity (Wildman–Crippen MR) is 119 cm³/mol. The third-order valence-electron chi connectivity index (χ3n) is 7.62. The molecule has 2 aliphatic heterocycles. The van der Waals surface area contributed by atoms with Crippen LogP contribution in [-0.4, -0.2) is 29.6 Å². The Hall–Kier alpha value is -0.440. The van der Waals surface area contributed by atoms with Gasteiger partial charge < -0.3 is 4.74 Å². The lowest BCUT2D eigenvalue weighted by atomic mass is 9.70. The summed E-state index contributed by atoms with van der Waals surface area (Å²) >= 11 is 12.3. The molecular weight excluding hydrogens is 389 g/mol. The fraction of sp³-hybridized carbons (Fsp3) is 0.750. The molecule has 1 saturated carbocycles. The van der Waals surface area contributed by atoms with Gasteiger partial charge in [-0.3, -0.25) is 4.90 Å². The van der Waals surface area contributed by atoms with Crippen molar-refractivity contribution in [1.82, 2.24) is 4.90 Å². The molecule has 2 bridgehead atoms. The fourth-order valence-corrected chi connectivity index (χ4v) is 6.75. The quantitative estimate of drug-likeness (QED) is 0.463. The van der Waals surface area contributed by atoms with E-state index in [0.29, 0.717) is 28.0 Å². The van der Waals surface area contributed by atoms with Crippen molar-refractivity contribution in [3.63, 3.8) is 0 Å². The average Bonchev–Trinajstić information content (AvgIpc) is 2.84. The Morgan fingerprint density at radius 3 is 2.43 bits per heavy atom. The Balaban J connectivity index is 1.53. The molecule has 0 spiro atoms. The first kappa shape index (κ1) is 20.8. The second kappa shape index (κ2) is 9.14. The van der Waals surface area contributed by atoms with Gasteiger partial charge in [-0.05, 0) is 57.1 Å². The molecule has 1 aromatic rings. The number of hydrogen-bond acceptors (Lipinski definition) is 2. The number of nitrogens with zero attached hydrogens (tertiary/aromatic N) is 1. The minimum atomic E-state index is 0.577. The molecule has 1 aromatic carbocycles. The standard InChI is InChI=1S/C24H35Cl2NO/c1-16(2)27-18-9-12-24(27)21(15-28-19-10-11-22(25)23(26)14-19)20(13-18)17-7-5-3-4-6-8-17/h10-11,14,16-18,20-21,24H,3-9,12-13,15H2,1-2H3. The van der Waals surface area contributed by atoms with Gasteiger partial charge in [0.25, 0.3) is 0 Å². The second-order valence-corrected chi connectivity index (χ2v) is 10.4. The third-order valence-corrected chi connectivity index (χ3v) is 8.36. The number of benzene rings is 1. The smallest absolute Gasteiger partial charge is 0.120 e. The van der Waals surface area contributed by atoms with Gasteiger partial charge >= 0.3 is 0 Å². The van der Waals surface area contributed by atoms with E-state index < -0.39 is 0 Å². The van der Waals surface area contributed by atoms with Crippen LogP contribution in [0, 0.1) is 17.8 Å². The summed E-state index contributed by atoms with van der Waals surface area (Å²) in [6, 6.07) is 7.75. The highest BCUT2D eigenvalue weighted by Crippen LogP contribution is 2.48. The van der Waals surface area contributed by atoms with Crippen LogP contribution in [0.4, 0.5) is 0 Å². The van der Waals surface area contributed by atoms with Gasteiger partial charge in [0, 0.05) is 30.1 Å². The molecule has 2 nitrogen and oxygen atoms in total. The Labute approximate surface area is 180 Å². The zero-order valence-electron chi connectivity index (χ0n) is 17.4. The summed E-state index contributed by atoms with van der Waals surface area (Å²) in [5.41, 5.74) is 0. The highest BCUT2D eigenvalue weighted by Gasteiger charge is 2.49. The Bertz CT molecular complexity index is 656. The highest BCUT2D eigenvalue weighted by atomic mass is 35.5. The largest absolute Gasteiger partial charge is 0.493 e. The predicted octanol–water partition coefficient (Wildman–Crippen LogP) is 7.22. The van der Waals surface area contributed by atoms with Crippen LogP contribution in [-0.2, 0) is 0 Å². The molecule has 0 radical (unpaired) electrons. The first-order valence-electron chi connectivity index (χ1n) is 11.4. The first-order valence-corrected chi connectivity index (χ1v) is 12.2. The molecule has 4 rings (SSSR count). The SMILES string of the molecule is CC(C)N1C2CCC1C(COc1ccc(Cl)c(Cl)c1)C(C1CCCCCC1)C2. The Kier molecular flexibility index (Phi) is 6.80. The van der Waals surface area contributed by atoms with Crippen molar-refractivity contribution in [2.24, 2.45) is 17.8 Å². The molecular formula is C24H35Cl2NO. The number of halogens is 2. The minimum Gasteiger partial charge on any atom is -0.493 e. The van der Waals surface area contributed by atoms with Gasteiger partial charge in [0.15, 0.2) is 0 Å². The van der Waals surface area contributed by atoms with Crippen LogP contribution in [0.1, 0.15) is 71.6 Å². The van der Waals surface area contributed by atoms with Crippen LogP contribution in [0.5, 0.6) is 5.75 Å². The van der Waals surface area contributed by atoms with E-state index in [0.717, 1.165) is 30.2 Å². The van der Waals surface area contributed by atoms with Gasteiger partial charge in [-0.2, -0.15) is 0 Å². The van der Waals surface area contributed by atoms with E-state index in [2.05, 4.69) is 18.7 Å². The summed E-state index contributed by atoms with van der Waals surface area (Å²) in [6.07, 6.45) is 12.6. The average molecular weight is 424 g/mol. The van der Waals surface area contributed by atoms with Crippen LogP contribution in [0.25, 0.3) is 0 Å². The normalized spacial score (nSPS) is 31.9. The van der Waals surface area contributed by atoms with Gasteiger partial charge in [-0.1, -0.05) is 61.7 Å². The van der Waals surface area contributed by atoms with E-state index in [-0.39, 0.29) is 0 Å². The highest BCUT2D eigenvalue weighted by molar-refractivity contribution is 6.42. The lowest BCUT2D eigenvalue weighted by molar-refractivity contribution is -0.0212. The number of piperidine rings is 1. The summed E-state index contributed by atoms with van der Waals surface area (Å²) in [4.78, 5) is 2.82. The van der Waals surface area contributed by atoms with Crippen molar-refractivity contribution < 1.29 is 4.74 Å². The lowest BCUT2D eigenvalue weighted by Crippen LogP contribution is -2.54. The monoisotopic (exact) mass is 423 g/mol. The number of fused-ring (bicyclic) bond motifs is 2. The maximum absolute atomic E-state index is 6.34. The van der Waals surface area contributed by atoms with Crippen molar-refractivity contribution >= 4 is 23.2 Å². The van der Waals surface area contributed by atoms with Crippen LogP contribution in [0.3, 0.4) is 0 Å². The van der Waals surface area contributed by atoms with Gasteiger partial charge in [-0.15, -0.1) is 0 Å². The fourth-order valence-electron chi connectivity index (χ4n) is 6.46. The molecule has 1 aliphatic carbocycles. The minimum absolute atomic E-state index is 0.577. The number of rotatable bonds is 5. The Morgan fingerprint density at radius 2 is 1.75 bits per heavy atom. The lowest BCUT2D eigenvalue weighted by Gasteiger charge is -2.49. The van der Waals surface area contributed by atoms with Gasteiger partial charge in [0.05, 0.1) is 16.7 Å². The molecule has 156 valence electrons. The van der Waals surface area contributed by atoms with Crippen LogP contribution < -0.4 is 4.74 Å². The van der Waals surface area contributed by atoms with E-state index in [4.69, 9.17) is 27.9 Å². The van der Waals surface area contributed by atoms with Crippen molar-refractivity contribution in [2.45, 2.75) is 89.8 Å². The van der Waals surface area contributed by atoms with Gasteiger partial charge in [-0.25, -0.2) is 0 Å². The third kappa shape index (κ3) is 4.35. The first-order chi connectivity index (χ1) is 13.5. The molecule has 28 heavy (non-hydrogen) atoms. The van der Waals surface area contributed by atoms with E-state index in [1.54, 1.807) is 0 Å². The van der Waals surface area contributed by atoms with Gasteiger partial charge in [0.2, 0.25) is 0 Å². The van der Waals surface area contributed by atoms with E-state index in [9.17, 15) is 0 Å². The molecule has 0 aromatic heterocycles. The van der Waals surface area contributed by atoms with Crippen molar-refractivity contribution in [1.29, 1.82) is 0 Å². The van der Waals surface area contributed by atoms with E-state index >= 15 is 0 Å². The maximum Gasteiger partial charge on any atom is 0.120 e. The summed E-state index contributed by atoms with van der Waals surface area (Å²) in [7, 11) is 0. The Morgan fingerprint density at radius 1 is 1.00 bits per heavy atom. The zero-order chi connectivity index (χ0) is 19.7. The molecule has 3 aliphatic rings. The molecule has 0 amide bonds. The second-order valence-electron chi connectivity index (χ2n) is 9.54. The molecule has 4 unspecified atom stereocenters. The summed E-state index contributed by atoms with van der Waals surface area (Å²) in [5.74, 6) is 3.18. The zero-order valence-corrected chi connectivity index (χ0v) is 18.9. The summed E-state index contributed by atoms with van der Waals surface area (Å²) < 4.78 is 6.34. The van der Waals surface area contributed by atoms with Crippen LogP contribution in [0.2, 0.25) is 10.0 Å². The summed E-state index contributed by atoms with van der Waals surface area (Å²) in [6.45, 7) is 5.54. The van der Waals surface area contributed by atoms with Crippen molar-refractivity contribution in [2.75, 3.05) is 6.61 Å². The maximum atomic E-state index is 6.34. The van der Waals surface area contributed by atoms with Crippen molar-refractivity contribution in [3.8, 4) is 5.75 Å². The van der Waals surface area contributed by atoms with Crippen molar-refractivity contribution in [3.05, 3.63) is 28.2 Å². The molecule has 2 saturated heterocycles. The molecule has 2 heterocycles. The van der Waals surface area contributed by atoms with Crippen LogP contribution in [0.15, 0.2) is 18.2 Å². The molecule has 4 atom stereocenters. The van der Waals surface area contributed by atoms with Gasteiger partial charge in [0.1, 0.15) is 5.75 Å². The topological polar surface area (TPSA) is 12.5 Å². The number of ether oxygens (including phenoxy) is 1.